The molecular weight excluding hydrogens is 478 g/mol. The van der Waals surface area contributed by atoms with Crippen molar-refractivity contribution in [1.29, 1.82) is 0 Å². The van der Waals surface area contributed by atoms with Crippen LogP contribution in [0, 0.1) is 11.6 Å². The molecule has 3 aromatic rings. The molecule has 4 heterocycles. The largest absolute Gasteiger partial charge is 0.389 e. The van der Waals surface area contributed by atoms with E-state index in [1.807, 2.05) is 16.0 Å². The van der Waals surface area contributed by atoms with E-state index >= 15 is 0 Å². The molecule has 0 unspecified atom stereocenters. The molecule has 2 aromatic heterocycles. The molecule has 2 saturated heterocycles. The van der Waals surface area contributed by atoms with E-state index in [1.165, 1.54) is 12.1 Å². The van der Waals surface area contributed by atoms with Crippen LogP contribution in [0.3, 0.4) is 0 Å². The van der Waals surface area contributed by atoms with E-state index in [2.05, 4.69) is 46.0 Å². The van der Waals surface area contributed by atoms with Gasteiger partial charge < -0.3 is 20.6 Å². The Kier molecular flexibility index (Phi) is 7.07. The Bertz CT molecular complexity index is 1260. The summed E-state index contributed by atoms with van der Waals surface area (Å²) in [4.78, 5) is 15.3. The summed E-state index contributed by atoms with van der Waals surface area (Å²) in [5, 5.41) is 14.2. The van der Waals surface area contributed by atoms with E-state index in [9.17, 15) is 13.9 Å². The standard InChI is InChI=1S/C26H32F2N8O/c1-17(2)25-18(14-30-36(25)26-31-23(29)13-24(32-26)35-15-22(37)16-35)4-3-5-33-6-8-34(9-7-33)21-11-19(27)10-20(28)12-21/h3-4,10-14,17,22,37H,5-9,15-16H2,1-2H3,(H2,29,31,32)/b4-3+. The third-order valence-corrected chi connectivity index (χ3v) is 6.73. The first-order chi connectivity index (χ1) is 17.8. The number of nitrogens with two attached hydrogens (primary N) is 1. The van der Waals surface area contributed by atoms with Gasteiger partial charge in [0.05, 0.1) is 18.0 Å². The van der Waals surface area contributed by atoms with Gasteiger partial charge in [0.25, 0.3) is 5.95 Å². The van der Waals surface area contributed by atoms with Gasteiger partial charge in [-0.05, 0) is 18.1 Å². The van der Waals surface area contributed by atoms with Gasteiger partial charge in [-0.25, -0.2) is 13.5 Å². The molecule has 0 atom stereocenters. The van der Waals surface area contributed by atoms with Crippen molar-refractivity contribution in [2.45, 2.75) is 25.9 Å². The second-order valence-electron chi connectivity index (χ2n) is 9.88. The van der Waals surface area contributed by atoms with E-state index in [0.29, 0.717) is 49.5 Å². The number of aromatic nitrogens is 4. The van der Waals surface area contributed by atoms with Crippen molar-refractivity contribution in [3.8, 4) is 5.95 Å². The highest BCUT2D eigenvalue weighted by atomic mass is 19.1. The van der Waals surface area contributed by atoms with Crippen LogP contribution in [0.5, 0.6) is 0 Å². The second kappa shape index (κ2) is 10.4. The molecule has 5 rings (SSSR count). The summed E-state index contributed by atoms with van der Waals surface area (Å²) in [6.45, 7) is 8.99. The number of anilines is 3. The third-order valence-electron chi connectivity index (χ3n) is 6.73. The van der Waals surface area contributed by atoms with Crippen molar-refractivity contribution in [2.24, 2.45) is 0 Å². The van der Waals surface area contributed by atoms with E-state index in [1.54, 1.807) is 10.7 Å². The molecule has 37 heavy (non-hydrogen) atoms. The lowest BCUT2D eigenvalue weighted by molar-refractivity contribution is 0.141. The number of hydrogen-bond acceptors (Lipinski definition) is 8. The fraction of sp³-hybridized carbons (Fsp3) is 0.423. The number of rotatable bonds is 7. The van der Waals surface area contributed by atoms with Gasteiger partial charge in [0.1, 0.15) is 23.3 Å². The minimum Gasteiger partial charge on any atom is -0.389 e. The van der Waals surface area contributed by atoms with Gasteiger partial charge in [0, 0.05) is 69.2 Å². The Morgan fingerprint density at radius 1 is 1.03 bits per heavy atom. The molecule has 0 radical (unpaired) electrons. The fourth-order valence-electron chi connectivity index (χ4n) is 4.81. The van der Waals surface area contributed by atoms with Crippen LogP contribution >= 0.6 is 0 Å². The monoisotopic (exact) mass is 510 g/mol. The lowest BCUT2D eigenvalue weighted by atomic mass is 10.1. The predicted molar refractivity (Wildman–Crippen MR) is 140 cm³/mol. The summed E-state index contributed by atoms with van der Waals surface area (Å²) in [5.41, 5.74) is 8.61. The molecule has 9 nitrogen and oxygen atoms in total. The summed E-state index contributed by atoms with van der Waals surface area (Å²) in [5.74, 6) is 0.488. The highest BCUT2D eigenvalue weighted by molar-refractivity contribution is 5.55. The first-order valence-corrected chi connectivity index (χ1v) is 12.5. The number of aliphatic hydroxyl groups is 1. The Labute approximate surface area is 214 Å². The fourth-order valence-corrected chi connectivity index (χ4v) is 4.81. The molecule has 0 aliphatic carbocycles. The van der Waals surface area contributed by atoms with Crippen LogP contribution in [0.15, 0.2) is 36.5 Å². The molecule has 1 aromatic carbocycles. The van der Waals surface area contributed by atoms with E-state index in [-0.39, 0.29) is 12.0 Å². The SMILES string of the molecule is CC(C)c1c(/C=C/CN2CCN(c3cc(F)cc(F)c3)CC2)cnn1-c1nc(N)cc(N2CC(O)C2)n1. The van der Waals surface area contributed by atoms with Crippen LogP contribution < -0.4 is 15.5 Å². The van der Waals surface area contributed by atoms with Gasteiger partial charge in [0.2, 0.25) is 0 Å². The summed E-state index contributed by atoms with van der Waals surface area (Å²) in [6.07, 6.45) is 5.63. The molecule has 11 heteroatoms. The summed E-state index contributed by atoms with van der Waals surface area (Å²) in [7, 11) is 0. The second-order valence-corrected chi connectivity index (χ2v) is 9.88. The average Bonchev–Trinajstić information content (AvgIpc) is 3.26. The minimum absolute atomic E-state index is 0.164. The first-order valence-electron chi connectivity index (χ1n) is 12.5. The molecule has 2 aliphatic heterocycles. The van der Waals surface area contributed by atoms with Crippen molar-refractivity contribution in [3.63, 3.8) is 0 Å². The molecule has 2 fully saturated rings. The number of halogens is 2. The van der Waals surface area contributed by atoms with Gasteiger partial charge in [-0.1, -0.05) is 26.0 Å². The zero-order valence-corrected chi connectivity index (χ0v) is 21.1. The lowest BCUT2D eigenvalue weighted by Gasteiger charge is -2.36. The maximum absolute atomic E-state index is 13.6. The smallest absolute Gasteiger partial charge is 0.254 e. The molecule has 196 valence electrons. The van der Waals surface area contributed by atoms with Crippen molar-refractivity contribution < 1.29 is 13.9 Å². The number of β-amino-alcohol motifs (C(OH)–C–C–N with tert-alkyl or cyclic N) is 1. The molecule has 0 amide bonds. The van der Waals surface area contributed by atoms with Crippen LogP contribution in [0.25, 0.3) is 12.0 Å². The molecule has 0 spiro atoms. The summed E-state index contributed by atoms with van der Waals surface area (Å²) in [6, 6.07) is 5.36. The van der Waals surface area contributed by atoms with E-state index < -0.39 is 11.6 Å². The van der Waals surface area contributed by atoms with Crippen LogP contribution in [-0.4, -0.2) is 81.7 Å². The number of nitrogens with zero attached hydrogens (tertiary/aromatic N) is 7. The Balaban J connectivity index is 1.25. The molecule has 0 saturated carbocycles. The van der Waals surface area contributed by atoms with Gasteiger partial charge in [-0.2, -0.15) is 15.1 Å². The maximum Gasteiger partial charge on any atom is 0.254 e. The first kappa shape index (κ1) is 25.1. The topological polar surface area (TPSA) is 99.6 Å². The molecule has 2 aliphatic rings. The van der Waals surface area contributed by atoms with Crippen molar-refractivity contribution >= 4 is 23.4 Å². The van der Waals surface area contributed by atoms with Gasteiger partial charge in [-0.3, -0.25) is 4.90 Å². The van der Waals surface area contributed by atoms with Crippen LogP contribution in [0.4, 0.5) is 26.1 Å². The number of nitrogen functional groups attached to an aromatic ring is 1. The van der Waals surface area contributed by atoms with Crippen LogP contribution in [-0.2, 0) is 0 Å². The minimum atomic E-state index is -0.555. The van der Waals surface area contributed by atoms with Gasteiger partial charge in [-0.15, -0.1) is 0 Å². The Morgan fingerprint density at radius 2 is 1.73 bits per heavy atom. The number of piperazine rings is 1. The third kappa shape index (κ3) is 5.57. The molecular formula is C26H32F2N8O. The van der Waals surface area contributed by atoms with Crippen molar-refractivity contribution in [2.75, 3.05) is 61.3 Å². The highest BCUT2D eigenvalue weighted by Crippen LogP contribution is 2.26. The maximum atomic E-state index is 13.6. The molecule has 0 bridgehead atoms. The zero-order chi connectivity index (χ0) is 26.1. The summed E-state index contributed by atoms with van der Waals surface area (Å²) >= 11 is 0. The number of hydrogen-bond donors (Lipinski definition) is 2. The van der Waals surface area contributed by atoms with E-state index in [4.69, 9.17) is 5.73 Å². The van der Waals surface area contributed by atoms with Crippen molar-refractivity contribution in [1.82, 2.24) is 24.6 Å². The van der Waals surface area contributed by atoms with Crippen LogP contribution in [0.2, 0.25) is 0 Å². The van der Waals surface area contributed by atoms with Gasteiger partial charge in [0.15, 0.2) is 0 Å². The van der Waals surface area contributed by atoms with E-state index in [0.717, 1.165) is 37.0 Å². The average molecular weight is 511 g/mol. The number of benzene rings is 1. The zero-order valence-electron chi connectivity index (χ0n) is 21.1. The molecule has 3 N–H and O–H groups in total. The predicted octanol–water partition coefficient (Wildman–Crippen LogP) is 2.66. The normalized spacial score (nSPS) is 17.2. The lowest BCUT2D eigenvalue weighted by Crippen LogP contribution is -2.51. The quantitative estimate of drug-likeness (QED) is 0.501. The Morgan fingerprint density at radius 3 is 2.38 bits per heavy atom. The Hall–Kier alpha value is -3.57. The van der Waals surface area contributed by atoms with Gasteiger partial charge >= 0.3 is 0 Å². The van der Waals surface area contributed by atoms with Crippen molar-refractivity contribution in [3.05, 3.63) is 59.4 Å². The number of aliphatic hydroxyl groups excluding tert-OH is 1. The van der Waals surface area contributed by atoms with Crippen LogP contribution in [0.1, 0.15) is 31.0 Å². The summed E-state index contributed by atoms with van der Waals surface area (Å²) < 4.78 is 28.9. The highest BCUT2D eigenvalue weighted by Gasteiger charge is 2.27.